The van der Waals surface area contributed by atoms with Crippen LogP contribution in [0.15, 0.2) is 36.7 Å². The summed E-state index contributed by atoms with van der Waals surface area (Å²) in [5, 5.41) is 0. The molecule has 0 radical (unpaired) electrons. The van der Waals surface area contributed by atoms with Crippen LogP contribution in [-0.4, -0.2) is 0 Å². The Balaban J connectivity index is 3.90. The summed E-state index contributed by atoms with van der Waals surface area (Å²) >= 11 is 0. The Morgan fingerprint density at radius 1 is 1.67 bits per heavy atom. The SMILES string of the molecule is C=C/C(=C\C=C/F)CC. The van der Waals surface area contributed by atoms with Crippen molar-refractivity contribution in [3.8, 4) is 0 Å². The molecular formula is C8H11F. The molecule has 50 valence electrons. The van der Waals surface area contributed by atoms with Crippen LogP contribution >= 0.6 is 0 Å². The summed E-state index contributed by atoms with van der Waals surface area (Å²) in [6.07, 6.45) is 6.19. The monoisotopic (exact) mass is 126 g/mol. The van der Waals surface area contributed by atoms with Crippen LogP contribution in [-0.2, 0) is 0 Å². The fraction of sp³-hybridized carbons (Fsp3) is 0.250. The number of rotatable bonds is 3. The molecule has 0 nitrogen and oxygen atoms in total. The van der Waals surface area contributed by atoms with Gasteiger partial charge in [-0.05, 0) is 18.1 Å². The molecule has 0 aliphatic heterocycles. The highest BCUT2D eigenvalue weighted by molar-refractivity contribution is 5.20. The zero-order valence-corrected chi connectivity index (χ0v) is 5.60. The van der Waals surface area contributed by atoms with Crippen molar-refractivity contribution >= 4 is 0 Å². The molecule has 0 amide bonds. The normalized spacial score (nSPS) is 12.4. The number of halogens is 1. The Morgan fingerprint density at radius 2 is 2.33 bits per heavy atom. The summed E-state index contributed by atoms with van der Waals surface area (Å²) in [5.74, 6) is 0. The van der Waals surface area contributed by atoms with E-state index in [-0.39, 0.29) is 0 Å². The van der Waals surface area contributed by atoms with Crippen molar-refractivity contribution in [2.75, 3.05) is 0 Å². The van der Waals surface area contributed by atoms with E-state index in [1.54, 1.807) is 12.2 Å². The van der Waals surface area contributed by atoms with E-state index in [9.17, 15) is 4.39 Å². The van der Waals surface area contributed by atoms with Crippen molar-refractivity contribution in [2.24, 2.45) is 0 Å². The number of hydrogen-bond acceptors (Lipinski definition) is 0. The first-order chi connectivity index (χ1) is 4.35. The van der Waals surface area contributed by atoms with Gasteiger partial charge in [-0.1, -0.05) is 25.7 Å². The second-order valence-electron chi connectivity index (χ2n) is 1.62. The maximum Gasteiger partial charge on any atom is 0.0867 e. The molecule has 0 aliphatic carbocycles. The quantitative estimate of drug-likeness (QED) is 0.510. The Labute approximate surface area is 55.4 Å². The van der Waals surface area contributed by atoms with Gasteiger partial charge in [0, 0.05) is 0 Å². The molecule has 0 bridgehead atoms. The van der Waals surface area contributed by atoms with Crippen LogP contribution in [0.1, 0.15) is 13.3 Å². The van der Waals surface area contributed by atoms with Gasteiger partial charge in [-0.15, -0.1) is 0 Å². The zero-order chi connectivity index (χ0) is 7.11. The van der Waals surface area contributed by atoms with Crippen LogP contribution in [0.3, 0.4) is 0 Å². The van der Waals surface area contributed by atoms with Gasteiger partial charge in [0.2, 0.25) is 0 Å². The molecule has 0 atom stereocenters. The maximum atomic E-state index is 11.4. The molecule has 0 N–H and O–H groups in total. The summed E-state index contributed by atoms with van der Waals surface area (Å²) in [7, 11) is 0. The van der Waals surface area contributed by atoms with E-state index in [1.165, 1.54) is 6.08 Å². The van der Waals surface area contributed by atoms with Gasteiger partial charge < -0.3 is 0 Å². The first-order valence-corrected chi connectivity index (χ1v) is 2.93. The lowest BCUT2D eigenvalue weighted by atomic mass is 10.2. The third kappa shape index (κ3) is 3.71. The smallest absolute Gasteiger partial charge is 0.0867 e. The molecule has 0 rings (SSSR count). The van der Waals surface area contributed by atoms with Crippen LogP contribution < -0.4 is 0 Å². The van der Waals surface area contributed by atoms with Crippen LogP contribution in [0.4, 0.5) is 4.39 Å². The van der Waals surface area contributed by atoms with Crippen molar-refractivity contribution in [3.63, 3.8) is 0 Å². The molecule has 0 spiro atoms. The van der Waals surface area contributed by atoms with E-state index in [0.717, 1.165) is 12.0 Å². The number of allylic oxidation sites excluding steroid dienone is 4. The second-order valence-corrected chi connectivity index (χ2v) is 1.62. The van der Waals surface area contributed by atoms with Gasteiger partial charge in [0.05, 0.1) is 6.33 Å². The lowest BCUT2D eigenvalue weighted by Crippen LogP contribution is -1.69. The highest BCUT2D eigenvalue weighted by Crippen LogP contribution is 2.00. The lowest BCUT2D eigenvalue weighted by Gasteiger charge is -1.89. The Kier molecular flexibility index (Phi) is 4.79. The summed E-state index contributed by atoms with van der Waals surface area (Å²) in [5.41, 5.74) is 1.05. The van der Waals surface area contributed by atoms with Gasteiger partial charge in [-0.3, -0.25) is 0 Å². The van der Waals surface area contributed by atoms with Gasteiger partial charge in [0.15, 0.2) is 0 Å². The topological polar surface area (TPSA) is 0 Å². The van der Waals surface area contributed by atoms with E-state index in [2.05, 4.69) is 6.58 Å². The van der Waals surface area contributed by atoms with E-state index >= 15 is 0 Å². The van der Waals surface area contributed by atoms with E-state index < -0.39 is 0 Å². The van der Waals surface area contributed by atoms with Gasteiger partial charge in [0.25, 0.3) is 0 Å². The van der Waals surface area contributed by atoms with Crippen molar-refractivity contribution in [1.29, 1.82) is 0 Å². The van der Waals surface area contributed by atoms with Crippen LogP contribution in [0, 0.1) is 0 Å². The van der Waals surface area contributed by atoms with Crippen LogP contribution in [0.5, 0.6) is 0 Å². The first kappa shape index (κ1) is 8.15. The molecule has 0 saturated heterocycles. The van der Waals surface area contributed by atoms with Crippen molar-refractivity contribution in [1.82, 2.24) is 0 Å². The molecule has 0 aromatic heterocycles. The van der Waals surface area contributed by atoms with Crippen LogP contribution in [0.25, 0.3) is 0 Å². The third-order valence-corrected chi connectivity index (χ3v) is 1.05. The molecule has 0 saturated carbocycles. The fourth-order valence-corrected chi connectivity index (χ4v) is 0.490. The largest absolute Gasteiger partial charge is 0.216 e. The minimum atomic E-state index is 0.513. The van der Waals surface area contributed by atoms with Gasteiger partial charge in [0.1, 0.15) is 0 Å². The summed E-state index contributed by atoms with van der Waals surface area (Å²) in [4.78, 5) is 0. The summed E-state index contributed by atoms with van der Waals surface area (Å²) in [6.45, 7) is 5.56. The number of hydrogen-bond donors (Lipinski definition) is 0. The Bertz CT molecular complexity index is 132. The molecule has 9 heavy (non-hydrogen) atoms. The van der Waals surface area contributed by atoms with Crippen molar-refractivity contribution < 1.29 is 4.39 Å². The van der Waals surface area contributed by atoms with E-state index in [4.69, 9.17) is 0 Å². The van der Waals surface area contributed by atoms with Gasteiger partial charge >= 0.3 is 0 Å². The standard InChI is InChI=1S/C8H11F/c1-3-8(4-2)6-5-7-9/h3,5-7H,1,4H2,2H3/b7-5-,8-6+. The Morgan fingerprint density at radius 3 is 2.67 bits per heavy atom. The molecule has 0 unspecified atom stereocenters. The van der Waals surface area contributed by atoms with E-state index in [0.29, 0.717) is 6.33 Å². The molecule has 0 fully saturated rings. The average molecular weight is 126 g/mol. The minimum Gasteiger partial charge on any atom is -0.216 e. The highest BCUT2D eigenvalue weighted by atomic mass is 19.1. The first-order valence-electron chi connectivity index (χ1n) is 2.93. The maximum absolute atomic E-state index is 11.4. The minimum absolute atomic E-state index is 0.513. The lowest BCUT2D eigenvalue weighted by molar-refractivity contribution is 0.721. The fourth-order valence-electron chi connectivity index (χ4n) is 0.490. The highest BCUT2D eigenvalue weighted by Gasteiger charge is 1.80. The van der Waals surface area contributed by atoms with Gasteiger partial charge in [-0.2, -0.15) is 0 Å². The molecule has 0 aliphatic rings. The second kappa shape index (κ2) is 5.29. The molecular weight excluding hydrogens is 115 g/mol. The Hall–Kier alpha value is -0.850. The zero-order valence-electron chi connectivity index (χ0n) is 5.60. The average Bonchev–Trinajstić information content (AvgIpc) is 1.91. The van der Waals surface area contributed by atoms with Crippen molar-refractivity contribution in [3.05, 3.63) is 36.7 Å². The molecule has 1 heteroatoms. The van der Waals surface area contributed by atoms with Gasteiger partial charge in [-0.25, -0.2) is 4.39 Å². The predicted molar refractivity (Wildman–Crippen MR) is 38.8 cm³/mol. The van der Waals surface area contributed by atoms with Crippen molar-refractivity contribution in [2.45, 2.75) is 13.3 Å². The third-order valence-electron chi connectivity index (χ3n) is 1.05. The molecule has 0 aromatic rings. The summed E-state index contributed by atoms with van der Waals surface area (Å²) < 4.78 is 11.4. The van der Waals surface area contributed by atoms with E-state index in [1.807, 2.05) is 6.92 Å². The molecule has 0 aromatic carbocycles. The summed E-state index contributed by atoms with van der Waals surface area (Å²) in [6, 6.07) is 0. The van der Waals surface area contributed by atoms with Crippen LogP contribution in [0.2, 0.25) is 0 Å². The molecule has 0 heterocycles. The predicted octanol–water partition coefficient (Wildman–Crippen LogP) is 2.99.